The average Bonchev–Trinajstić information content (AvgIpc) is 2.75. The minimum atomic E-state index is -4.39. The molecule has 100 valence electrons. The molecule has 0 saturated carbocycles. The molecule has 0 aliphatic heterocycles. The summed E-state index contributed by atoms with van der Waals surface area (Å²) in [5, 5.41) is 3.21. The lowest BCUT2D eigenvalue weighted by molar-refractivity contribution is -0.137. The lowest BCUT2D eigenvalue weighted by Crippen LogP contribution is -2.12. The Morgan fingerprint density at radius 3 is 2.42 bits per heavy atom. The van der Waals surface area contributed by atoms with Gasteiger partial charge in [-0.2, -0.15) is 13.2 Å². The first-order valence-electron chi connectivity index (χ1n) is 5.28. The first kappa shape index (κ1) is 13.5. The molecule has 1 heterocycles. The Hall–Kier alpha value is -1.96. The summed E-state index contributed by atoms with van der Waals surface area (Å²) in [5.41, 5.74) is -0.499. The van der Waals surface area contributed by atoms with Crippen molar-refractivity contribution in [3.8, 4) is 0 Å². The van der Waals surface area contributed by atoms with Gasteiger partial charge < -0.3 is 9.84 Å². The molecular formula is C11H9F3N2O2Si. The molecular weight excluding hydrogens is 277 g/mol. The smallest absolute Gasteiger partial charge is 0.362 e. The third kappa shape index (κ3) is 3.08. The van der Waals surface area contributed by atoms with E-state index in [0.29, 0.717) is 0 Å². The minimum Gasteiger partial charge on any atom is -0.362 e. The highest BCUT2D eigenvalue weighted by Gasteiger charge is 2.30. The molecule has 0 radical (unpaired) electrons. The number of benzene rings is 1. The quantitative estimate of drug-likeness (QED) is 0.862. The molecule has 0 atom stereocenters. The van der Waals surface area contributed by atoms with E-state index in [1.165, 1.54) is 12.1 Å². The van der Waals surface area contributed by atoms with Crippen molar-refractivity contribution in [1.82, 2.24) is 4.81 Å². The number of halogens is 3. The Bertz CT molecular complexity index is 593. The van der Waals surface area contributed by atoms with Crippen LogP contribution in [0.3, 0.4) is 0 Å². The molecule has 1 aromatic heterocycles. The van der Waals surface area contributed by atoms with E-state index in [0.717, 1.165) is 17.3 Å². The fraction of sp³-hybridized carbons (Fsp3) is 0.182. The van der Waals surface area contributed by atoms with Crippen LogP contribution >= 0.6 is 0 Å². The Kier molecular flexibility index (Phi) is 3.52. The average molecular weight is 286 g/mol. The zero-order chi connectivity index (χ0) is 14.0. The van der Waals surface area contributed by atoms with Crippen LogP contribution in [0.15, 0.2) is 28.8 Å². The number of amides is 1. The normalized spacial score (nSPS) is 11.4. The number of hydrogen-bond acceptors (Lipinski definition) is 3. The van der Waals surface area contributed by atoms with E-state index in [1.54, 1.807) is 6.92 Å². The van der Waals surface area contributed by atoms with Gasteiger partial charge in [0.2, 0.25) is 5.76 Å². The maximum atomic E-state index is 12.4. The first-order chi connectivity index (χ1) is 8.88. The topological polar surface area (TPSA) is 55.1 Å². The van der Waals surface area contributed by atoms with Gasteiger partial charge >= 0.3 is 6.18 Å². The van der Waals surface area contributed by atoms with Crippen molar-refractivity contribution >= 4 is 20.9 Å². The molecule has 1 aromatic carbocycles. The van der Waals surface area contributed by atoms with Gasteiger partial charge in [0.05, 0.1) is 5.56 Å². The predicted octanol–water partition coefficient (Wildman–Crippen LogP) is 2.32. The van der Waals surface area contributed by atoms with Gasteiger partial charge in [-0.15, -0.1) is 4.81 Å². The summed E-state index contributed by atoms with van der Waals surface area (Å²) in [6.45, 7) is 1.73. The van der Waals surface area contributed by atoms with Crippen LogP contribution in [-0.4, -0.2) is 20.0 Å². The second-order valence-electron chi connectivity index (χ2n) is 3.87. The van der Waals surface area contributed by atoms with Crippen LogP contribution in [0, 0.1) is 6.92 Å². The summed E-state index contributed by atoms with van der Waals surface area (Å²) in [6.07, 6.45) is -4.39. The summed E-state index contributed by atoms with van der Waals surface area (Å²) < 4.78 is 41.9. The molecule has 0 fully saturated rings. The highest BCUT2D eigenvalue weighted by molar-refractivity contribution is 6.27. The molecule has 0 bridgehead atoms. The van der Waals surface area contributed by atoms with Gasteiger partial charge in [0.1, 0.15) is 0 Å². The Morgan fingerprint density at radius 1 is 1.32 bits per heavy atom. The fourth-order valence-corrected chi connectivity index (χ4v) is 2.06. The molecule has 0 aliphatic rings. The predicted molar refractivity (Wildman–Crippen MR) is 63.4 cm³/mol. The molecule has 4 nitrogen and oxygen atoms in total. The van der Waals surface area contributed by atoms with Crippen molar-refractivity contribution < 1.29 is 22.5 Å². The summed E-state index contributed by atoms with van der Waals surface area (Å²) in [5.74, 6) is -0.388. The van der Waals surface area contributed by atoms with Crippen LogP contribution in [-0.2, 0) is 6.18 Å². The van der Waals surface area contributed by atoms with Crippen molar-refractivity contribution in [3.63, 3.8) is 0 Å². The van der Waals surface area contributed by atoms with Crippen molar-refractivity contribution in [2.45, 2.75) is 13.1 Å². The van der Waals surface area contributed by atoms with E-state index in [-0.39, 0.29) is 11.4 Å². The van der Waals surface area contributed by atoms with Crippen molar-refractivity contribution in [1.29, 1.82) is 0 Å². The molecule has 1 N–H and O–H groups in total. The van der Waals surface area contributed by atoms with Gasteiger partial charge in [0.25, 0.3) is 5.91 Å². The van der Waals surface area contributed by atoms with Gasteiger partial charge in [0, 0.05) is 10.9 Å². The zero-order valence-electron chi connectivity index (χ0n) is 9.78. The summed E-state index contributed by atoms with van der Waals surface area (Å²) >= 11 is 0. The van der Waals surface area contributed by atoms with Gasteiger partial charge in [-0.1, -0.05) is 0 Å². The fourth-order valence-electron chi connectivity index (χ4n) is 1.44. The van der Waals surface area contributed by atoms with Gasteiger partial charge in [-0.25, -0.2) is 0 Å². The summed E-state index contributed by atoms with van der Waals surface area (Å²) in [6, 6.07) is 4.19. The van der Waals surface area contributed by atoms with Crippen LogP contribution < -0.4 is 5.32 Å². The second kappa shape index (κ2) is 4.96. The summed E-state index contributed by atoms with van der Waals surface area (Å²) in [4.78, 5) is 15.4. The Morgan fingerprint density at radius 2 is 1.95 bits per heavy atom. The summed E-state index contributed by atoms with van der Waals surface area (Å²) in [7, 11) is -0.392. The zero-order valence-corrected chi connectivity index (χ0v) is 10.9. The lowest BCUT2D eigenvalue weighted by Gasteiger charge is -2.08. The molecule has 0 unspecified atom stereocenters. The van der Waals surface area contributed by atoms with E-state index >= 15 is 0 Å². The third-order valence-corrected chi connectivity index (χ3v) is 3.29. The van der Waals surface area contributed by atoms with E-state index in [1.807, 2.05) is 0 Å². The number of anilines is 1. The number of aryl methyl sites for hydroxylation is 1. The van der Waals surface area contributed by atoms with Crippen molar-refractivity contribution in [3.05, 3.63) is 40.8 Å². The second-order valence-corrected chi connectivity index (χ2v) is 5.20. The van der Waals surface area contributed by atoms with Crippen molar-refractivity contribution in [2.24, 2.45) is 0 Å². The number of rotatable bonds is 2. The maximum absolute atomic E-state index is 12.4. The van der Waals surface area contributed by atoms with Crippen LogP contribution in [0.1, 0.15) is 21.3 Å². The minimum absolute atomic E-state index is 0.120. The number of nitrogens with zero attached hydrogens (tertiary/aromatic N) is 1. The lowest BCUT2D eigenvalue weighted by atomic mass is 10.2. The number of nitrogens with one attached hydrogen (secondary N) is 1. The molecule has 19 heavy (non-hydrogen) atoms. The molecule has 8 heteroatoms. The van der Waals surface area contributed by atoms with E-state index < -0.39 is 26.9 Å². The number of hydrogen-bond donors (Lipinski definition) is 1. The Labute approximate surface area is 108 Å². The first-order valence-corrected chi connectivity index (χ1v) is 6.37. The van der Waals surface area contributed by atoms with Gasteiger partial charge in [-0.05, 0) is 31.2 Å². The number of alkyl halides is 3. The molecule has 2 rings (SSSR count). The molecule has 0 aliphatic carbocycles. The van der Waals surface area contributed by atoms with Gasteiger partial charge in [-0.3, -0.25) is 4.79 Å². The Balaban J connectivity index is 2.12. The highest BCUT2D eigenvalue weighted by Crippen LogP contribution is 2.29. The molecule has 1 amide bonds. The standard InChI is InChI=1S/C11H9F3N2O2Si/c1-6-9(18-16-19-6)10(17)15-8-4-2-7(3-5-8)11(12,13)14/h2-5,19H,1H3,(H,15,17). The van der Waals surface area contributed by atoms with Gasteiger partial charge in [0.15, 0.2) is 9.29 Å². The van der Waals surface area contributed by atoms with Crippen LogP contribution in [0.25, 0.3) is 0 Å². The van der Waals surface area contributed by atoms with E-state index in [2.05, 4.69) is 10.1 Å². The third-order valence-electron chi connectivity index (χ3n) is 2.42. The van der Waals surface area contributed by atoms with Crippen LogP contribution in [0.5, 0.6) is 0 Å². The number of aromatic nitrogens is 1. The number of carbonyl (C=O) groups is 1. The van der Waals surface area contributed by atoms with E-state index in [9.17, 15) is 18.0 Å². The monoisotopic (exact) mass is 286 g/mol. The van der Waals surface area contributed by atoms with E-state index in [4.69, 9.17) is 4.52 Å². The molecule has 0 spiro atoms. The molecule has 2 aromatic rings. The highest BCUT2D eigenvalue weighted by atomic mass is 28.2. The largest absolute Gasteiger partial charge is 0.416 e. The van der Waals surface area contributed by atoms with Crippen molar-refractivity contribution in [2.75, 3.05) is 5.32 Å². The maximum Gasteiger partial charge on any atom is 0.416 e. The SMILES string of the molecule is Cc1[siH]noc1C(=O)Nc1ccc(C(F)(F)F)cc1. The number of carbonyl (C=O) groups excluding carboxylic acids is 1. The molecule has 0 saturated heterocycles. The van der Waals surface area contributed by atoms with Crippen LogP contribution in [0.2, 0.25) is 0 Å². The van der Waals surface area contributed by atoms with Crippen LogP contribution in [0.4, 0.5) is 18.9 Å².